The van der Waals surface area contributed by atoms with Gasteiger partial charge in [0.1, 0.15) is 19.8 Å². The number of carbonyl (C=O) groups is 1. The zero-order chi connectivity index (χ0) is 22.8. The Hall–Kier alpha value is -3.78. The highest BCUT2D eigenvalue weighted by molar-refractivity contribution is 7.90. The van der Waals surface area contributed by atoms with Gasteiger partial charge in [0.15, 0.2) is 21.3 Å². The monoisotopic (exact) mass is 462 g/mol. The predicted molar refractivity (Wildman–Crippen MR) is 125 cm³/mol. The third-order valence-corrected chi connectivity index (χ3v) is 7.14. The highest BCUT2D eigenvalue weighted by atomic mass is 32.2. The van der Waals surface area contributed by atoms with Crippen LogP contribution in [0.1, 0.15) is 5.56 Å². The first kappa shape index (κ1) is 21.1. The summed E-state index contributed by atoms with van der Waals surface area (Å²) in [6, 6.07) is 21.5. The van der Waals surface area contributed by atoms with Crippen LogP contribution >= 0.6 is 0 Å². The van der Waals surface area contributed by atoms with Gasteiger partial charge in [0.25, 0.3) is 0 Å². The zero-order valence-electron chi connectivity index (χ0n) is 17.7. The molecule has 0 bridgehead atoms. The van der Waals surface area contributed by atoms with E-state index in [1.165, 1.54) is 0 Å². The lowest BCUT2D eigenvalue weighted by Gasteiger charge is -2.19. The Morgan fingerprint density at radius 1 is 0.909 bits per heavy atom. The van der Waals surface area contributed by atoms with Gasteiger partial charge in [-0.05, 0) is 23.8 Å². The fourth-order valence-electron chi connectivity index (χ4n) is 3.94. The van der Waals surface area contributed by atoms with E-state index in [1.54, 1.807) is 53.2 Å². The van der Waals surface area contributed by atoms with Crippen LogP contribution in [0.3, 0.4) is 0 Å². The van der Waals surface area contributed by atoms with Crippen LogP contribution in [0.2, 0.25) is 0 Å². The molecule has 2 heterocycles. The first-order chi connectivity index (χ1) is 16.0. The largest absolute Gasteiger partial charge is 0.486 e. The van der Waals surface area contributed by atoms with Gasteiger partial charge in [0, 0.05) is 28.9 Å². The molecule has 1 N–H and O–H groups in total. The van der Waals surface area contributed by atoms with Crippen molar-refractivity contribution < 1.29 is 22.7 Å². The maximum absolute atomic E-state index is 13.2. The number of carbonyl (C=O) groups excluding carboxylic acids is 1. The Labute approximate surface area is 191 Å². The van der Waals surface area contributed by atoms with Crippen molar-refractivity contribution in [3.8, 4) is 11.5 Å². The Morgan fingerprint density at radius 3 is 2.45 bits per heavy atom. The molecule has 0 fully saturated rings. The lowest BCUT2D eigenvalue weighted by Crippen LogP contribution is -2.19. The zero-order valence-corrected chi connectivity index (χ0v) is 18.5. The third-order valence-electron chi connectivity index (χ3n) is 5.43. The minimum atomic E-state index is -3.61. The number of anilines is 1. The molecule has 0 saturated heterocycles. The van der Waals surface area contributed by atoms with Crippen molar-refractivity contribution in [2.45, 2.75) is 17.2 Å². The number of nitrogens with zero attached hydrogens (tertiary/aromatic N) is 1. The molecule has 168 valence electrons. The first-order valence-corrected chi connectivity index (χ1v) is 12.2. The number of sulfone groups is 1. The minimum absolute atomic E-state index is 0.0319. The molecular weight excluding hydrogens is 440 g/mol. The smallest absolute Gasteiger partial charge is 0.244 e. The van der Waals surface area contributed by atoms with Gasteiger partial charge < -0.3 is 19.4 Å². The van der Waals surface area contributed by atoms with Gasteiger partial charge in [-0.25, -0.2) is 8.42 Å². The molecule has 4 aromatic rings. The molecule has 1 aliphatic heterocycles. The maximum Gasteiger partial charge on any atom is 0.244 e. The van der Waals surface area contributed by atoms with E-state index in [9.17, 15) is 13.2 Å². The quantitative estimate of drug-likeness (QED) is 0.468. The Bertz CT molecular complexity index is 1430. The van der Waals surface area contributed by atoms with E-state index in [1.807, 2.05) is 30.3 Å². The Kier molecular flexibility index (Phi) is 5.51. The van der Waals surface area contributed by atoms with Gasteiger partial charge >= 0.3 is 0 Å². The molecule has 0 radical (unpaired) electrons. The second kappa shape index (κ2) is 8.63. The van der Waals surface area contributed by atoms with Crippen molar-refractivity contribution in [2.75, 3.05) is 18.5 Å². The average Bonchev–Trinajstić information content (AvgIpc) is 3.19. The van der Waals surface area contributed by atoms with Gasteiger partial charge in [-0.15, -0.1) is 0 Å². The van der Waals surface area contributed by atoms with E-state index in [2.05, 4.69) is 5.32 Å². The van der Waals surface area contributed by atoms with Crippen molar-refractivity contribution in [3.05, 3.63) is 84.6 Å². The van der Waals surface area contributed by atoms with Gasteiger partial charge in [-0.2, -0.15) is 0 Å². The van der Waals surface area contributed by atoms with Crippen molar-refractivity contribution in [1.29, 1.82) is 0 Å². The summed E-state index contributed by atoms with van der Waals surface area (Å²) in [5, 5.41) is 3.45. The molecule has 1 aliphatic rings. The van der Waals surface area contributed by atoms with Crippen molar-refractivity contribution >= 4 is 32.3 Å². The molecular formula is C25H22N2O5S. The number of hydrogen-bond acceptors (Lipinski definition) is 5. The number of para-hydroxylation sites is 1. The number of amides is 1. The molecule has 0 saturated carbocycles. The second-order valence-electron chi connectivity index (χ2n) is 7.79. The van der Waals surface area contributed by atoms with Gasteiger partial charge in [-0.3, -0.25) is 4.79 Å². The van der Waals surface area contributed by atoms with Crippen LogP contribution in [0.15, 0.2) is 83.9 Å². The minimum Gasteiger partial charge on any atom is -0.486 e. The van der Waals surface area contributed by atoms with Crippen LogP contribution in [-0.4, -0.2) is 32.1 Å². The first-order valence-electron chi connectivity index (χ1n) is 10.5. The summed E-state index contributed by atoms with van der Waals surface area (Å²) >= 11 is 0. The van der Waals surface area contributed by atoms with Gasteiger partial charge in [-0.1, -0.05) is 48.5 Å². The van der Waals surface area contributed by atoms with E-state index in [-0.39, 0.29) is 23.1 Å². The molecule has 0 aliphatic carbocycles. The number of ether oxygens (including phenoxy) is 2. The highest BCUT2D eigenvalue weighted by Crippen LogP contribution is 2.33. The Morgan fingerprint density at radius 2 is 1.64 bits per heavy atom. The molecule has 1 aromatic heterocycles. The van der Waals surface area contributed by atoms with Crippen LogP contribution in [-0.2, 0) is 26.9 Å². The number of nitrogens with one attached hydrogen (secondary N) is 1. The maximum atomic E-state index is 13.2. The van der Waals surface area contributed by atoms with Crippen molar-refractivity contribution in [3.63, 3.8) is 0 Å². The third kappa shape index (κ3) is 4.42. The fourth-order valence-corrected chi connectivity index (χ4v) is 5.52. The number of aromatic nitrogens is 1. The standard InChI is InChI=1S/C25H22N2O5S/c28-25(26-19-10-11-22-23(14-19)32-13-12-31-22)16-27-15-24(20-8-4-5-9-21(20)27)33(29,30)17-18-6-2-1-3-7-18/h1-11,14-15H,12-13,16-17H2,(H,26,28). The van der Waals surface area contributed by atoms with E-state index >= 15 is 0 Å². The van der Waals surface area contributed by atoms with Gasteiger partial charge in [0.05, 0.1) is 10.6 Å². The molecule has 33 heavy (non-hydrogen) atoms. The number of fused-ring (bicyclic) bond motifs is 2. The number of rotatable bonds is 6. The van der Waals surface area contributed by atoms with Crippen LogP contribution in [0.4, 0.5) is 5.69 Å². The topological polar surface area (TPSA) is 86.6 Å². The molecule has 8 heteroatoms. The molecule has 0 atom stereocenters. The summed E-state index contributed by atoms with van der Waals surface area (Å²) in [7, 11) is -3.61. The van der Waals surface area contributed by atoms with Crippen molar-refractivity contribution in [2.24, 2.45) is 0 Å². The summed E-state index contributed by atoms with van der Waals surface area (Å²) in [4.78, 5) is 13.0. The molecule has 1 amide bonds. The summed E-state index contributed by atoms with van der Waals surface area (Å²) in [6.07, 6.45) is 1.55. The molecule has 5 rings (SSSR count). The van der Waals surface area contributed by atoms with E-state index < -0.39 is 9.84 Å². The fraction of sp³-hybridized carbons (Fsp3) is 0.160. The molecule has 3 aromatic carbocycles. The van der Waals surface area contributed by atoms with Crippen LogP contribution in [0, 0.1) is 0 Å². The summed E-state index contributed by atoms with van der Waals surface area (Å²) < 4.78 is 39.1. The number of benzene rings is 3. The van der Waals surface area contributed by atoms with E-state index in [0.29, 0.717) is 46.9 Å². The van der Waals surface area contributed by atoms with E-state index in [4.69, 9.17) is 9.47 Å². The van der Waals surface area contributed by atoms with Crippen LogP contribution in [0.5, 0.6) is 11.5 Å². The van der Waals surface area contributed by atoms with Crippen LogP contribution < -0.4 is 14.8 Å². The lowest BCUT2D eigenvalue weighted by molar-refractivity contribution is -0.116. The van der Waals surface area contributed by atoms with Gasteiger partial charge in [0.2, 0.25) is 5.91 Å². The molecule has 0 spiro atoms. The summed E-state index contributed by atoms with van der Waals surface area (Å²) in [6.45, 7) is 0.921. The normalized spacial score (nSPS) is 13.1. The Balaban J connectivity index is 1.40. The summed E-state index contributed by atoms with van der Waals surface area (Å²) in [5.41, 5.74) is 1.98. The van der Waals surface area contributed by atoms with E-state index in [0.717, 1.165) is 0 Å². The highest BCUT2D eigenvalue weighted by Gasteiger charge is 2.22. The lowest BCUT2D eigenvalue weighted by atomic mass is 10.2. The second-order valence-corrected chi connectivity index (χ2v) is 9.75. The average molecular weight is 463 g/mol. The number of hydrogen-bond donors (Lipinski definition) is 1. The predicted octanol–water partition coefficient (Wildman–Crippen LogP) is 4.03. The molecule has 0 unspecified atom stereocenters. The van der Waals surface area contributed by atoms with Crippen molar-refractivity contribution in [1.82, 2.24) is 4.57 Å². The molecule has 7 nitrogen and oxygen atoms in total. The van der Waals surface area contributed by atoms with Crippen LogP contribution in [0.25, 0.3) is 10.9 Å². The SMILES string of the molecule is O=C(Cn1cc(S(=O)(=O)Cc2ccccc2)c2ccccc21)Nc1ccc2c(c1)OCCO2. The summed E-state index contributed by atoms with van der Waals surface area (Å²) in [5.74, 6) is 0.841.